The number of rotatable bonds is 39. The fraction of sp³-hybridized carbons (Fsp3) is 1.00. The smallest absolute Gasteiger partial charge is 0.0600 e. The van der Waals surface area contributed by atoms with Gasteiger partial charge in [0.15, 0.2) is 0 Å². The third kappa shape index (κ3) is 46.8. The van der Waals surface area contributed by atoms with Crippen molar-refractivity contribution in [1.82, 2.24) is 0 Å². The summed E-state index contributed by atoms with van der Waals surface area (Å²) in [6, 6.07) is 0. The quantitative estimate of drug-likeness (QED) is 0.0615. The largest absolute Gasteiger partial charge is 0.381 e. The number of hydrogen-bond donors (Lipinski definition) is 0. The van der Waals surface area contributed by atoms with Crippen LogP contribution in [0.5, 0.6) is 0 Å². The molecule has 0 amide bonds. The lowest BCUT2D eigenvalue weighted by Crippen LogP contribution is -2.27. The Labute approximate surface area is 404 Å². The Morgan fingerprint density at radius 2 is 0.571 bits per heavy atom. The van der Waals surface area contributed by atoms with E-state index in [2.05, 4.69) is 132 Å². The summed E-state index contributed by atoms with van der Waals surface area (Å²) in [5.41, 5.74) is 0.701. The van der Waals surface area contributed by atoms with E-state index in [0.717, 1.165) is 75.5 Å². The summed E-state index contributed by atoms with van der Waals surface area (Å²) in [7, 11) is 0. The minimum atomic E-state index is 0.428. The minimum absolute atomic E-state index is 0.428. The van der Waals surface area contributed by atoms with E-state index in [1.807, 2.05) is 0 Å². The third-order valence-corrected chi connectivity index (χ3v) is 13.6. The second-order valence-corrected chi connectivity index (χ2v) is 19.8. The Bertz CT molecular complexity index is 719. The second kappa shape index (κ2) is 58.0. The maximum absolute atomic E-state index is 6.30. The Kier molecular flexibility index (Phi) is 66.2. The molecular weight excluding hydrogens is 769 g/mol. The van der Waals surface area contributed by atoms with Crippen LogP contribution < -0.4 is 0 Å². The molecule has 0 aliphatic carbocycles. The molecule has 0 aromatic carbocycles. The van der Waals surface area contributed by atoms with Gasteiger partial charge in [0.05, 0.1) is 19.3 Å². The van der Waals surface area contributed by atoms with Crippen LogP contribution in [-0.2, 0) is 14.2 Å². The Morgan fingerprint density at radius 3 is 0.810 bits per heavy atom. The average molecular weight is 900 g/mol. The van der Waals surface area contributed by atoms with E-state index in [1.165, 1.54) is 167 Å². The summed E-state index contributed by atoms with van der Waals surface area (Å²) < 4.78 is 18.2. The number of hydrogen-bond acceptors (Lipinski definition) is 3. The summed E-state index contributed by atoms with van der Waals surface area (Å²) >= 11 is 0. The van der Waals surface area contributed by atoms with Crippen molar-refractivity contribution in [3.8, 4) is 0 Å². The van der Waals surface area contributed by atoms with E-state index in [0.29, 0.717) is 17.4 Å². The molecule has 0 radical (unpaired) electrons. The molecule has 0 rings (SSSR count). The van der Waals surface area contributed by atoms with Gasteiger partial charge >= 0.3 is 0 Å². The lowest BCUT2D eigenvalue weighted by molar-refractivity contribution is -0.0342. The van der Waals surface area contributed by atoms with Crippen LogP contribution in [0.1, 0.15) is 311 Å². The normalized spacial score (nSPS) is 14.1. The third-order valence-electron chi connectivity index (χ3n) is 13.6. The second-order valence-electron chi connectivity index (χ2n) is 19.8. The summed E-state index contributed by atoms with van der Waals surface area (Å²) in [4.78, 5) is 0. The van der Waals surface area contributed by atoms with Crippen molar-refractivity contribution in [3.63, 3.8) is 0 Å². The van der Waals surface area contributed by atoms with E-state index >= 15 is 0 Å². The van der Waals surface area contributed by atoms with Crippen molar-refractivity contribution in [2.45, 2.75) is 317 Å². The average Bonchev–Trinajstić information content (AvgIpc) is 3.28. The lowest BCUT2D eigenvalue weighted by Gasteiger charge is -2.33. The van der Waals surface area contributed by atoms with Crippen molar-refractivity contribution in [2.75, 3.05) is 33.0 Å². The molecule has 0 N–H and O–H groups in total. The fourth-order valence-electron chi connectivity index (χ4n) is 9.64. The molecule has 6 atom stereocenters. The summed E-state index contributed by atoms with van der Waals surface area (Å²) in [6.45, 7) is 47.7. The predicted octanol–water partition coefficient (Wildman–Crippen LogP) is 21.3. The lowest BCUT2D eigenvalue weighted by atomic mass is 9.72. The van der Waals surface area contributed by atoms with Crippen LogP contribution in [0.2, 0.25) is 0 Å². The van der Waals surface area contributed by atoms with Crippen LogP contribution in [0.15, 0.2) is 0 Å². The Morgan fingerprint density at radius 1 is 0.286 bits per heavy atom. The molecule has 0 spiro atoms. The fourth-order valence-corrected chi connectivity index (χ4v) is 9.64. The molecule has 0 aromatic rings. The van der Waals surface area contributed by atoms with Crippen molar-refractivity contribution in [3.05, 3.63) is 0 Å². The molecule has 0 fully saturated rings. The van der Waals surface area contributed by atoms with Gasteiger partial charge in [-0.15, -0.1) is 0 Å². The summed E-state index contributed by atoms with van der Waals surface area (Å²) in [5.74, 6) is 4.58. The van der Waals surface area contributed by atoms with E-state index in [4.69, 9.17) is 14.2 Å². The molecule has 63 heavy (non-hydrogen) atoms. The van der Waals surface area contributed by atoms with Crippen LogP contribution in [0.4, 0.5) is 0 Å². The van der Waals surface area contributed by atoms with Gasteiger partial charge in [0.2, 0.25) is 0 Å². The standard InChI is InChI=1S/C21H44O2.C14H30O.C13H28.C9H20.C3H8/c1-7-13-18(9-3)15-22-16-19(10-4)17-23-21(12-6)20(11-5)14-8-2;1-5-9-13(7-3)11-15-12-14(8-4)10-6-2;1-5-9-13(10-6-2,11-7-3)12-8-4;1-4-7-9(6-3)8-5-2;1-3-2/h18-21H,7-17H2,1-6H3;13-14H,5-12H2,1-4H3;5-12H2,1-4H3;9H,4-8H2,1-3H3;3H2,1-2H3. The van der Waals surface area contributed by atoms with Crippen LogP contribution in [-0.4, -0.2) is 39.1 Å². The summed E-state index contributed by atoms with van der Waals surface area (Å²) in [6.07, 6.45) is 37.4. The first-order valence-corrected chi connectivity index (χ1v) is 29.2. The maximum atomic E-state index is 6.30. The van der Waals surface area contributed by atoms with Gasteiger partial charge < -0.3 is 14.2 Å². The van der Waals surface area contributed by atoms with Crippen LogP contribution in [0, 0.1) is 40.9 Å². The monoisotopic (exact) mass is 899 g/mol. The zero-order valence-corrected chi connectivity index (χ0v) is 48.1. The highest BCUT2D eigenvalue weighted by molar-refractivity contribution is 4.78. The molecule has 0 aliphatic rings. The number of ether oxygens (including phenoxy) is 3. The predicted molar refractivity (Wildman–Crippen MR) is 292 cm³/mol. The maximum Gasteiger partial charge on any atom is 0.0600 e. The van der Waals surface area contributed by atoms with Gasteiger partial charge in [-0.25, -0.2) is 0 Å². The molecule has 0 saturated carbocycles. The minimum Gasteiger partial charge on any atom is -0.381 e. The van der Waals surface area contributed by atoms with Gasteiger partial charge in [-0.2, -0.15) is 0 Å². The first-order valence-electron chi connectivity index (χ1n) is 29.2. The van der Waals surface area contributed by atoms with Crippen molar-refractivity contribution < 1.29 is 14.2 Å². The van der Waals surface area contributed by atoms with Crippen molar-refractivity contribution >= 4 is 0 Å². The molecule has 388 valence electrons. The highest BCUT2D eigenvalue weighted by atomic mass is 16.5. The van der Waals surface area contributed by atoms with Crippen molar-refractivity contribution in [2.24, 2.45) is 40.9 Å². The van der Waals surface area contributed by atoms with Gasteiger partial charge in [-0.1, -0.05) is 247 Å². The molecule has 0 heterocycles. The van der Waals surface area contributed by atoms with Gasteiger partial charge in [0.1, 0.15) is 0 Å². The summed E-state index contributed by atoms with van der Waals surface area (Å²) in [5, 5.41) is 0. The molecule has 3 heteroatoms. The molecule has 0 aromatic heterocycles. The molecule has 0 bridgehead atoms. The van der Waals surface area contributed by atoms with Crippen LogP contribution >= 0.6 is 0 Å². The van der Waals surface area contributed by atoms with E-state index < -0.39 is 0 Å². The zero-order chi connectivity index (χ0) is 49.0. The van der Waals surface area contributed by atoms with Crippen LogP contribution in [0.3, 0.4) is 0 Å². The topological polar surface area (TPSA) is 27.7 Å². The van der Waals surface area contributed by atoms with Gasteiger partial charge in [-0.05, 0) is 99.2 Å². The van der Waals surface area contributed by atoms with Gasteiger partial charge in [0.25, 0.3) is 0 Å². The van der Waals surface area contributed by atoms with Crippen molar-refractivity contribution in [1.29, 1.82) is 0 Å². The molecule has 0 aliphatic heterocycles. The Hall–Kier alpha value is -0.120. The highest BCUT2D eigenvalue weighted by Gasteiger charge is 2.26. The van der Waals surface area contributed by atoms with Gasteiger partial charge in [0, 0.05) is 25.7 Å². The highest BCUT2D eigenvalue weighted by Crippen LogP contribution is 2.39. The zero-order valence-electron chi connectivity index (χ0n) is 48.1. The SMILES string of the molecule is CCC.CCCC(CC)CCC.CCCC(CC)COCC(CC)CCC.CCCC(CC)COCC(CC)COC(CC)C(CC)CCC.CCCC(CCC)(CCC)CCC. The van der Waals surface area contributed by atoms with E-state index in [-0.39, 0.29) is 0 Å². The Balaban J connectivity index is -0.000000244. The molecular formula is C60H130O3. The molecule has 3 nitrogen and oxygen atoms in total. The molecule has 0 saturated heterocycles. The van der Waals surface area contributed by atoms with Gasteiger partial charge in [-0.3, -0.25) is 0 Å². The van der Waals surface area contributed by atoms with E-state index in [1.54, 1.807) is 0 Å². The molecule has 6 unspecified atom stereocenters. The van der Waals surface area contributed by atoms with E-state index in [9.17, 15) is 0 Å². The first kappa shape index (κ1) is 71.9. The first-order chi connectivity index (χ1) is 30.4. The van der Waals surface area contributed by atoms with Crippen LogP contribution in [0.25, 0.3) is 0 Å².